The van der Waals surface area contributed by atoms with Crippen LogP contribution in [0.5, 0.6) is 0 Å². The summed E-state index contributed by atoms with van der Waals surface area (Å²) in [5, 5.41) is 44.2. The van der Waals surface area contributed by atoms with Crippen LogP contribution >= 0.6 is 43.2 Å². The Labute approximate surface area is 283 Å². The van der Waals surface area contributed by atoms with E-state index in [2.05, 4.69) is 10.6 Å². The molecular weight excluding hydrogens is 685 g/mol. The lowest BCUT2D eigenvalue weighted by Crippen LogP contribution is -2.79. The predicted octanol–water partition coefficient (Wildman–Crippen LogP) is 0.303. The molecule has 17 heteroatoms. The minimum atomic E-state index is -1.87. The van der Waals surface area contributed by atoms with Gasteiger partial charge in [-0.25, -0.2) is 0 Å². The Morgan fingerprint density at radius 2 is 1.15 bits per heavy atom. The zero-order valence-corrected chi connectivity index (χ0v) is 28.3. The van der Waals surface area contributed by atoms with Crippen molar-refractivity contribution in [2.24, 2.45) is 0 Å². The molecule has 13 nitrogen and oxygen atoms in total. The van der Waals surface area contributed by atoms with Crippen LogP contribution in [0.3, 0.4) is 0 Å². The first-order valence-corrected chi connectivity index (χ1v) is 19.4. The van der Waals surface area contributed by atoms with Crippen molar-refractivity contribution >= 4 is 78.2 Å². The van der Waals surface area contributed by atoms with Gasteiger partial charge in [0.2, 0.25) is 14.6 Å². The number of hydrogen-bond donors (Lipinski definition) is 5. The van der Waals surface area contributed by atoms with Crippen LogP contribution in [0.4, 0.5) is 11.4 Å². The molecule has 10 aliphatic rings. The fourth-order valence-corrected chi connectivity index (χ4v) is 17.1. The maximum atomic E-state index is 14.7. The van der Waals surface area contributed by atoms with Crippen molar-refractivity contribution in [1.82, 2.24) is 19.6 Å². The molecule has 2 aromatic carbocycles. The molecule has 244 valence electrons. The highest BCUT2D eigenvalue weighted by Crippen LogP contribution is 2.78. The van der Waals surface area contributed by atoms with E-state index in [1.165, 1.54) is 37.4 Å². The molecule has 12 rings (SSSR count). The second kappa shape index (κ2) is 8.31. The van der Waals surface area contributed by atoms with Crippen molar-refractivity contribution in [1.29, 1.82) is 0 Å². The molecule has 8 fully saturated rings. The average molecular weight is 713 g/mol. The second-order valence-electron chi connectivity index (χ2n) is 13.5. The maximum absolute atomic E-state index is 14.7. The van der Waals surface area contributed by atoms with Crippen molar-refractivity contribution in [3.63, 3.8) is 0 Å². The standard InChI is InChI=1S/C30H28N6O7S4/c1-25-21(40)35-19-27(13-8-4-6-10-15(13)31-19,17(38)29(35,46-44-25)23(42)33(25)2)28-14-9-5-7-11-16(14)32-20(28)36-22(41)26(12-37)34(3)24(43)30(36,18(28)39)47-45-26/h4-11,17-20,31-32,37-39H,12H2,1-3H3/t17-,18-,19+,20+,25-,26-,27+,28+,29-,30-/m0/s1. The van der Waals surface area contributed by atoms with Crippen LogP contribution in [-0.2, 0) is 30.0 Å². The third-order valence-electron chi connectivity index (χ3n) is 12.1. The third-order valence-corrected chi connectivity index (χ3v) is 19.5. The van der Waals surface area contributed by atoms with Gasteiger partial charge in [0.1, 0.15) is 24.5 Å². The highest BCUT2D eigenvalue weighted by atomic mass is 33.1. The number of hydrogen-bond acceptors (Lipinski definition) is 13. The van der Waals surface area contributed by atoms with E-state index in [0.717, 1.165) is 32.4 Å². The van der Waals surface area contributed by atoms with E-state index in [9.17, 15) is 34.5 Å². The van der Waals surface area contributed by atoms with Crippen LogP contribution in [-0.4, -0.2) is 123 Å². The van der Waals surface area contributed by atoms with Crippen LogP contribution in [0.25, 0.3) is 0 Å². The monoisotopic (exact) mass is 712 g/mol. The molecule has 10 aliphatic heterocycles. The summed E-state index contributed by atoms with van der Waals surface area (Å²) in [6, 6.07) is 14.5. The number of fused-ring (bicyclic) bond motifs is 11. The van der Waals surface area contributed by atoms with Gasteiger partial charge < -0.3 is 35.8 Å². The van der Waals surface area contributed by atoms with Crippen LogP contribution < -0.4 is 10.6 Å². The number of rotatable bonds is 2. The molecule has 2 aromatic rings. The Hall–Kier alpha value is -2.80. The molecule has 0 aliphatic carbocycles. The molecule has 0 radical (unpaired) electrons. The minimum Gasteiger partial charge on any atom is -0.392 e. The van der Waals surface area contributed by atoms with E-state index in [1.807, 2.05) is 36.4 Å². The van der Waals surface area contributed by atoms with Gasteiger partial charge in [0.25, 0.3) is 23.6 Å². The van der Waals surface area contributed by atoms with E-state index < -0.39 is 79.2 Å². The Bertz CT molecular complexity index is 1920. The predicted molar refractivity (Wildman–Crippen MR) is 176 cm³/mol. The molecular formula is C30H28N6O7S4. The van der Waals surface area contributed by atoms with Crippen LogP contribution in [0.15, 0.2) is 48.5 Å². The lowest BCUT2D eigenvalue weighted by molar-refractivity contribution is -0.169. The highest BCUT2D eigenvalue weighted by molar-refractivity contribution is 8.78. The van der Waals surface area contributed by atoms with Crippen molar-refractivity contribution in [3.8, 4) is 0 Å². The number of nitrogens with zero attached hydrogens (tertiary/aromatic N) is 4. The third kappa shape index (κ3) is 2.44. The summed E-state index contributed by atoms with van der Waals surface area (Å²) in [6.07, 6.45) is -5.50. The van der Waals surface area contributed by atoms with Crippen molar-refractivity contribution in [2.45, 2.75) is 61.8 Å². The normalized spacial score (nSPS) is 46.3. The molecule has 10 heterocycles. The first-order chi connectivity index (χ1) is 22.4. The molecule has 10 atom stereocenters. The molecule has 0 saturated carbocycles. The van der Waals surface area contributed by atoms with Crippen molar-refractivity contribution in [3.05, 3.63) is 59.7 Å². The maximum Gasteiger partial charge on any atom is 0.265 e. The van der Waals surface area contributed by atoms with Crippen molar-refractivity contribution < 1.29 is 34.5 Å². The van der Waals surface area contributed by atoms with Gasteiger partial charge in [-0.05, 0) is 62.6 Å². The number of piperazine rings is 2. The number of nitrogens with one attached hydrogen (secondary N) is 2. The largest absolute Gasteiger partial charge is 0.392 e. The molecule has 4 amide bonds. The van der Waals surface area contributed by atoms with E-state index >= 15 is 0 Å². The van der Waals surface area contributed by atoms with E-state index in [0.29, 0.717) is 22.5 Å². The smallest absolute Gasteiger partial charge is 0.265 e. The van der Waals surface area contributed by atoms with Crippen LogP contribution in [0.2, 0.25) is 0 Å². The number of anilines is 2. The highest BCUT2D eigenvalue weighted by Gasteiger charge is 2.93. The van der Waals surface area contributed by atoms with Gasteiger partial charge in [0.05, 0.1) is 17.4 Å². The zero-order chi connectivity index (χ0) is 32.8. The number of carbonyl (C=O) groups excluding carboxylic acids is 4. The average Bonchev–Trinajstić information content (AvgIpc) is 3.72. The van der Waals surface area contributed by atoms with E-state index in [1.54, 1.807) is 26.1 Å². The zero-order valence-electron chi connectivity index (χ0n) is 25.0. The van der Waals surface area contributed by atoms with E-state index in [-0.39, 0.29) is 5.91 Å². The van der Waals surface area contributed by atoms with Gasteiger partial charge in [0.15, 0.2) is 4.87 Å². The second-order valence-corrected chi connectivity index (χ2v) is 18.8. The molecule has 4 bridgehead atoms. The number of benzene rings is 2. The number of para-hydroxylation sites is 2. The summed E-state index contributed by atoms with van der Waals surface area (Å²) >= 11 is 0. The summed E-state index contributed by atoms with van der Waals surface area (Å²) in [5.41, 5.74) is -1.12. The summed E-state index contributed by atoms with van der Waals surface area (Å²) < 4.78 is 0. The fraction of sp³-hybridized carbons (Fsp3) is 0.467. The summed E-state index contributed by atoms with van der Waals surface area (Å²) in [5.74, 6) is -1.94. The van der Waals surface area contributed by atoms with E-state index in [4.69, 9.17) is 0 Å². The van der Waals surface area contributed by atoms with Gasteiger partial charge in [-0.1, -0.05) is 47.2 Å². The summed E-state index contributed by atoms with van der Waals surface area (Å²) in [7, 11) is 7.44. The van der Waals surface area contributed by atoms with Crippen LogP contribution in [0, 0.1) is 0 Å². The van der Waals surface area contributed by atoms with Crippen molar-refractivity contribution in [2.75, 3.05) is 31.3 Å². The van der Waals surface area contributed by atoms with Gasteiger partial charge in [-0.15, -0.1) is 0 Å². The van der Waals surface area contributed by atoms with Gasteiger partial charge in [-0.2, -0.15) is 0 Å². The summed E-state index contributed by atoms with van der Waals surface area (Å²) in [4.78, 5) is 57.4. The number of likely N-dealkylation sites (N-methyl/N-ethyl adjacent to an activating group) is 2. The molecule has 0 unspecified atom stereocenters. The first kappa shape index (κ1) is 29.1. The van der Waals surface area contributed by atoms with Gasteiger partial charge in [0, 0.05) is 25.5 Å². The molecule has 8 saturated heterocycles. The number of aliphatic hydroxyl groups is 3. The number of aliphatic hydroxyl groups excluding tert-OH is 3. The first-order valence-electron chi connectivity index (χ1n) is 15.1. The Kier molecular flexibility index (Phi) is 5.15. The molecule has 0 aromatic heterocycles. The lowest BCUT2D eigenvalue weighted by atomic mass is 9.52. The molecule has 47 heavy (non-hydrogen) atoms. The fourth-order valence-electron chi connectivity index (χ4n) is 9.92. The Balaban J connectivity index is 1.35. The van der Waals surface area contributed by atoms with Gasteiger partial charge in [-0.3, -0.25) is 29.0 Å². The number of amides is 4. The lowest BCUT2D eigenvalue weighted by Gasteiger charge is -2.58. The quantitative estimate of drug-likeness (QED) is 0.271. The molecule has 2 spiro atoms. The summed E-state index contributed by atoms with van der Waals surface area (Å²) in [6.45, 7) is 1.04. The minimum absolute atomic E-state index is 0.373. The molecule has 5 N–H and O–H groups in total. The van der Waals surface area contributed by atoms with Gasteiger partial charge >= 0.3 is 0 Å². The SMILES string of the molecule is CN1C(=O)[C@]23SS[C@@]1(C)C(=O)N2[C@H]1Nc2ccccc2[C@@]1([C@@]12c4ccccc4N[C@@H]1N1C(=O)[C@]4(CO)SS[C@]1(C(=O)N4C)[C@H]2O)[C@@H]3O. The Morgan fingerprint density at radius 1 is 0.681 bits per heavy atom. The topological polar surface area (TPSA) is 166 Å². The number of carbonyl (C=O) groups is 4. The Morgan fingerprint density at radius 3 is 1.68 bits per heavy atom. The van der Waals surface area contributed by atoms with Crippen LogP contribution in [0.1, 0.15) is 18.1 Å².